The summed E-state index contributed by atoms with van der Waals surface area (Å²) < 4.78 is 0. The maximum atomic E-state index is 9.19. The first kappa shape index (κ1) is 7.59. The molecule has 0 spiro atoms. The van der Waals surface area contributed by atoms with Crippen LogP contribution in [0.2, 0.25) is 0 Å². The van der Waals surface area contributed by atoms with Crippen LogP contribution in [0.15, 0.2) is 18.5 Å². The number of hydrogen-bond donors (Lipinski definition) is 1. The van der Waals surface area contributed by atoms with Crippen molar-refractivity contribution in [2.24, 2.45) is 5.92 Å². The number of pyridine rings is 1. The van der Waals surface area contributed by atoms with E-state index in [0.29, 0.717) is 5.92 Å². The maximum absolute atomic E-state index is 9.19. The third-order valence-electron chi connectivity index (χ3n) is 2.62. The Morgan fingerprint density at radius 3 is 3.00 bits per heavy atom. The molecule has 2 nitrogen and oxygen atoms in total. The second-order valence-corrected chi connectivity index (χ2v) is 3.49. The van der Waals surface area contributed by atoms with E-state index in [9.17, 15) is 5.11 Å². The molecule has 0 amide bonds. The minimum atomic E-state index is 0.286. The summed E-state index contributed by atoms with van der Waals surface area (Å²) >= 11 is 0. The van der Waals surface area contributed by atoms with Gasteiger partial charge in [-0.25, -0.2) is 0 Å². The molecule has 0 aromatic carbocycles. The van der Waals surface area contributed by atoms with Crippen LogP contribution in [0.4, 0.5) is 0 Å². The average Bonchev–Trinajstić information content (AvgIpc) is 2.83. The molecule has 1 heterocycles. The summed E-state index contributed by atoms with van der Waals surface area (Å²) in [5, 5.41) is 9.19. The first-order valence-corrected chi connectivity index (χ1v) is 4.45. The Morgan fingerprint density at radius 1 is 1.58 bits per heavy atom. The van der Waals surface area contributed by atoms with Gasteiger partial charge in [0.1, 0.15) is 5.75 Å². The van der Waals surface area contributed by atoms with Crippen LogP contribution in [0.5, 0.6) is 5.75 Å². The smallest absolute Gasteiger partial charge is 0.134 e. The lowest BCUT2D eigenvalue weighted by Gasteiger charge is -1.98. The van der Waals surface area contributed by atoms with E-state index in [4.69, 9.17) is 0 Å². The number of rotatable bonds is 2. The molecule has 64 valence electrons. The molecule has 2 rings (SSSR count). The number of hydrogen-bond acceptors (Lipinski definition) is 2. The summed E-state index contributed by atoms with van der Waals surface area (Å²) in [4.78, 5) is 3.96. The zero-order valence-electron chi connectivity index (χ0n) is 7.20. The van der Waals surface area contributed by atoms with Crippen LogP contribution < -0.4 is 0 Å². The predicted molar refractivity (Wildman–Crippen MR) is 47.0 cm³/mol. The molecule has 1 aromatic rings. The molecular weight excluding hydrogens is 150 g/mol. The van der Waals surface area contributed by atoms with E-state index in [1.165, 1.54) is 24.6 Å². The van der Waals surface area contributed by atoms with Crippen LogP contribution in [0.25, 0.3) is 0 Å². The fourth-order valence-electron chi connectivity index (χ4n) is 1.75. The van der Waals surface area contributed by atoms with Gasteiger partial charge in [0, 0.05) is 6.20 Å². The van der Waals surface area contributed by atoms with Crippen molar-refractivity contribution in [3.63, 3.8) is 0 Å². The Hall–Kier alpha value is -1.05. The van der Waals surface area contributed by atoms with E-state index in [2.05, 4.69) is 11.9 Å². The molecule has 0 unspecified atom stereocenters. The molecular formula is C10H13NO. The molecule has 2 heteroatoms. The SMILES string of the molecule is CC[C@@H]1C[C@@H]1c1cncc(O)c1. The Balaban J connectivity index is 2.14. The van der Waals surface area contributed by atoms with Gasteiger partial charge in [-0.1, -0.05) is 13.3 Å². The highest BCUT2D eigenvalue weighted by Gasteiger charge is 2.36. The van der Waals surface area contributed by atoms with Crippen molar-refractivity contribution >= 4 is 0 Å². The Kier molecular flexibility index (Phi) is 1.75. The van der Waals surface area contributed by atoms with Gasteiger partial charge in [0.05, 0.1) is 6.20 Å². The van der Waals surface area contributed by atoms with E-state index in [1.54, 1.807) is 0 Å². The normalized spacial score (nSPS) is 27.1. The maximum Gasteiger partial charge on any atom is 0.134 e. The van der Waals surface area contributed by atoms with Crippen molar-refractivity contribution in [1.82, 2.24) is 4.98 Å². The largest absolute Gasteiger partial charge is 0.506 e. The summed E-state index contributed by atoms with van der Waals surface area (Å²) in [7, 11) is 0. The first-order chi connectivity index (χ1) is 5.81. The monoisotopic (exact) mass is 163 g/mol. The van der Waals surface area contributed by atoms with Crippen LogP contribution in [0, 0.1) is 5.92 Å². The molecule has 1 fully saturated rings. The summed E-state index contributed by atoms with van der Waals surface area (Å²) in [6, 6.07) is 1.83. The molecule has 2 atom stereocenters. The van der Waals surface area contributed by atoms with Crippen molar-refractivity contribution in [3.05, 3.63) is 24.0 Å². The van der Waals surface area contributed by atoms with E-state index in [-0.39, 0.29) is 5.75 Å². The highest BCUT2D eigenvalue weighted by Crippen LogP contribution is 2.49. The third-order valence-corrected chi connectivity index (χ3v) is 2.62. The van der Waals surface area contributed by atoms with Crippen molar-refractivity contribution in [3.8, 4) is 5.75 Å². The van der Waals surface area contributed by atoms with Gasteiger partial charge < -0.3 is 5.11 Å². The zero-order valence-corrected chi connectivity index (χ0v) is 7.20. The topological polar surface area (TPSA) is 33.1 Å². The third kappa shape index (κ3) is 1.29. The fourth-order valence-corrected chi connectivity index (χ4v) is 1.75. The van der Waals surface area contributed by atoms with Gasteiger partial charge in [-0.3, -0.25) is 4.98 Å². The van der Waals surface area contributed by atoms with Gasteiger partial charge in [-0.15, -0.1) is 0 Å². The summed E-state index contributed by atoms with van der Waals surface area (Å²) in [6.07, 6.45) is 5.84. The van der Waals surface area contributed by atoms with Gasteiger partial charge >= 0.3 is 0 Å². The molecule has 1 aliphatic rings. The van der Waals surface area contributed by atoms with Gasteiger partial charge in [-0.05, 0) is 29.9 Å². The molecule has 0 bridgehead atoms. The lowest BCUT2D eigenvalue weighted by molar-refractivity contribution is 0.471. The van der Waals surface area contributed by atoms with Crippen LogP contribution in [-0.2, 0) is 0 Å². The number of aromatic nitrogens is 1. The van der Waals surface area contributed by atoms with Crippen LogP contribution in [-0.4, -0.2) is 10.1 Å². The number of nitrogens with zero attached hydrogens (tertiary/aromatic N) is 1. The van der Waals surface area contributed by atoms with Crippen molar-refractivity contribution in [2.75, 3.05) is 0 Å². The van der Waals surface area contributed by atoms with Crippen LogP contribution in [0.1, 0.15) is 31.2 Å². The standard InChI is InChI=1S/C10H13NO/c1-2-7-4-10(7)8-3-9(12)6-11-5-8/h3,5-7,10,12H,2,4H2,1H3/t7-,10+/m1/s1. The van der Waals surface area contributed by atoms with Gasteiger partial charge in [-0.2, -0.15) is 0 Å². The van der Waals surface area contributed by atoms with Crippen molar-refractivity contribution in [1.29, 1.82) is 0 Å². The molecule has 1 aromatic heterocycles. The molecule has 1 saturated carbocycles. The molecule has 1 aliphatic carbocycles. The van der Waals surface area contributed by atoms with Crippen molar-refractivity contribution < 1.29 is 5.11 Å². The minimum Gasteiger partial charge on any atom is -0.506 e. The summed E-state index contributed by atoms with van der Waals surface area (Å²) in [6.45, 7) is 2.21. The van der Waals surface area contributed by atoms with Crippen LogP contribution >= 0.6 is 0 Å². The molecule has 1 N–H and O–H groups in total. The highest BCUT2D eigenvalue weighted by atomic mass is 16.3. The van der Waals surface area contributed by atoms with E-state index < -0.39 is 0 Å². The van der Waals surface area contributed by atoms with Gasteiger partial charge in [0.25, 0.3) is 0 Å². The minimum absolute atomic E-state index is 0.286. The quantitative estimate of drug-likeness (QED) is 0.725. The predicted octanol–water partition coefficient (Wildman–Crippen LogP) is 2.30. The zero-order chi connectivity index (χ0) is 8.55. The molecule has 0 radical (unpaired) electrons. The second-order valence-electron chi connectivity index (χ2n) is 3.49. The summed E-state index contributed by atoms with van der Waals surface area (Å²) in [5.74, 6) is 1.78. The Morgan fingerprint density at radius 2 is 2.42 bits per heavy atom. The fraction of sp³-hybridized carbons (Fsp3) is 0.500. The van der Waals surface area contributed by atoms with E-state index in [0.717, 1.165) is 5.92 Å². The van der Waals surface area contributed by atoms with Crippen LogP contribution in [0.3, 0.4) is 0 Å². The second kappa shape index (κ2) is 2.77. The van der Waals surface area contributed by atoms with Gasteiger partial charge in [0.2, 0.25) is 0 Å². The lowest BCUT2D eigenvalue weighted by atomic mass is 10.1. The molecule has 0 aliphatic heterocycles. The Bertz CT molecular complexity index is 285. The molecule has 0 saturated heterocycles. The molecule has 12 heavy (non-hydrogen) atoms. The lowest BCUT2D eigenvalue weighted by Crippen LogP contribution is -1.83. The van der Waals surface area contributed by atoms with E-state index >= 15 is 0 Å². The average molecular weight is 163 g/mol. The Labute approximate surface area is 72.3 Å². The van der Waals surface area contributed by atoms with Crippen molar-refractivity contribution in [2.45, 2.75) is 25.7 Å². The van der Waals surface area contributed by atoms with E-state index in [1.807, 2.05) is 12.3 Å². The summed E-state index contributed by atoms with van der Waals surface area (Å²) in [5.41, 5.74) is 1.20. The highest BCUT2D eigenvalue weighted by molar-refractivity contribution is 5.29. The first-order valence-electron chi connectivity index (χ1n) is 4.45. The number of aromatic hydroxyl groups is 1. The van der Waals surface area contributed by atoms with Gasteiger partial charge in [0.15, 0.2) is 0 Å².